The number of carbonyl (C=O) groups is 3. The van der Waals surface area contributed by atoms with Crippen molar-refractivity contribution in [3.8, 4) is 0 Å². The van der Waals surface area contributed by atoms with Crippen molar-refractivity contribution in [2.24, 2.45) is 23.7 Å². The summed E-state index contributed by atoms with van der Waals surface area (Å²) in [4.78, 5) is 43.0. The predicted molar refractivity (Wildman–Crippen MR) is 101 cm³/mol. The number of nitrogens with zero attached hydrogens (tertiary/aromatic N) is 2. The molecule has 6 nitrogen and oxygen atoms in total. The average molecular weight is 380 g/mol. The zero-order valence-corrected chi connectivity index (χ0v) is 15.7. The van der Waals surface area contributed by atoms with E-state index in [2.05, 4.69) is 12.2 Å². The van der Waals surface area contributed by atoms with Crippen LogP contribution in [0.4, 0.5) is 0 Å². The van der Waals surface area contributed by atoms with Gasteiger partial charge in [0.1, 0.15) is 6.04 Å². The largest absolute Gasteiger partial charge is 0.378 e. The standard InChI is InChI=1S/C22H24N2O4/c25-20(23-8-10-28-11-9-23)17(12-14-4-2-1-3-5-14)24-21(26)18-15-6-7-16(13-15)19(18)22(24)27/h1-7,15-19H,8-13H2/t15-,16+,17-,18-,19-/m0/s1. The van der Waals surface area contributed by atoms with Crippen LogP contribution in [0.2, 0.25) is 0 Å². The number of benzene rings is 1. The first-order chi connectivity index (χ1) is 13.6. The summed E-state index contributed by atoms with van der Waals surface area (Å²) in [6, 6.07) is 8.86. The zero-order valence-electron chi connectivity index (χ0n) is 15.7. The van der Waals surface area contributed by atoms with E-state index in [1.165, 1.54) is 4.90 Å². The molecule has 2 aliphatic carbocycles. The molecule has 2 aliphatic heterocycles. The van der Waals surface area contributed by atoms with Crippen LogP contribution in [0.25, 0.3) is 0 Å². The second-order valence-corrected chi connectivity index (χ2v) is 8.19. The Kier molecular flexibility index (Phi) is 4.31. The highest BCUT2D eigenvalue weighted by molar-refractivity contribution is 6.09. The van der Waals surface area contributed by atoms with Crippen LogP contribution < -0.4 is 0 Å². The van der Waals surface area contributed by atoms with Gasteiger partial charge in [0.15, 0.2) is 0 Å². The molecule has 2 heterocycles. The Balaban J connectivity index is 1.46. The fraction of sp³-hybridized carbons (Fsp3) is 0.500. The van der Waals surface area contributed by atoms with Gasteiger partial charge in [-0.3, -0.25) is 19.3 Å². The Morgan fingerprint density at radius 2 is 1.61 bits per heavy atom. The van der Waals surface area contributed by atoms with Crippen molar-refractivity contribution in [1.29, 1.82) is 0 Å². The molecule has 1 aromatic rings. The molecule has 4 aliphatic rings. The maximum Gasteiger partial charge on any atom is 0.246 e. The van der Waals surface area contributed by atoms with Gasteiger partial charge in [-0.25, -0.2) is 0 Å². The van der Waals surface area contributed by atoms with Crippen molar-refractivity contribution in [3.05, 3.63) is 48.0 Å². The molecule has 3 fully saturated rings. The normalized spacial score (nSPS) is 32.1. The van der Waals surface area contributed by atoms with E-state index < -0.39 is 6.04 Å². The molecule has 0 aromatic heterocycles. The first-order valence-electron chi connectivity index (χ1n) is 10.1. The van der Waals surface area contributed by atoms with Gasteiger partial charge in [0.25, 0.3) is 0 Å². The molecule has 0 spiro atoms. The number of amides is 3. The van der Waals surface area contributed by atoms with E-state index in [4.69, 9.17) is 4.74 Å². The minimum Gasteiger partial charge on any atom is -0.378 e. The number of fused-ring (bicyclic) bond motifs is 5. The third kappa shape index (κ3) is 2.70. The van der Waals surface area contributed by atoms with Gasteiger partial charge in [-0.15, -0.1) is 0 Å². The first kappa shape index (κ1) is 17.6. The SMILES string of the molecule is O=C([C@H](Cc1ccccc1)N1C(=O)[C@@H]2[C@@H](C1=O)[C@H]1C=C[C@@H]2C1)N1CCOCC1. The zero-order chi connectivity index (χ0) is 19.3. The number of allylic oxidation sites excluding steroid dienone is 2. The lowest BCUT2D eigenvalue weighted by Crippen LogP contribution is -2.55. The van der Waals surface area contributed by atoms with Crippen molar-refractivity contribution in [1.82, 2.24) is 9.80 Å². The van der Waals surface area contributed by atoms with Gasteiger partial charge < -0.3 is 9.64 Å². The molecule has 28 heavy (non-hydrogen) atoms. The Morgan fingerprint density at radius 3 is 2.21 bits per heavy atom. The first-order valence-corrected chi connectivity index (χ1v) is 10.1. The molecule has 5 rings (SSSR count). The lowest BCUT2D eigenvalue weighted by molar-refractivity contribution is -0.154. The second kappa shape index (κ2) is 6.85. The smallest absolute Gasteiger partial charge is 0.246 e. The van der Waals surface area contributed by atoms with E-state index in [0.717, 1.165) is 12.0 Å². The van der Waals surface area contributed by atoms with Gasteiger partial charge in [0, 0.05) is 19.5 Å². The molecule has 1 aromatic carbocycles. The summed E-state index contributed by atoms with van der Waals surface area (Å²) >= 11 is 0. The number of likely N-dealkylation sites (tertiary alicyclic amines) is 1. The van der Waals surface area contributed by atoms with Crippen LogP contribution in [0.3, 0.4) is 0 Å². The monoisotopic (exact) mass is 380 g/mol. The van der Waals surface area contributed by atoms with E-state index in [1.807, 2.05) is 30.3 Å². The van der Waals surface area contributed by atoms with E-state index in [0.29, 0.717) is 32.7 Å². The van der Waals surface area contributed by atoms with Crippen LogP contribution in [0, 0.1) is 23.7 Å². The minimum absolute atomic E-state index is 0.144. The van der Waals surface area contributed by atoms with Gasteiger partial charge >= 0.3 is 0 Å². The Morgan fingerprint density at radius 1 is 1.00 bits per heavy atom. The fourth-order valence-corrected chi connectivity index (χ4v) is 5.35. The highest BCUT2D eigenvalue weighted by Gasteiger charge is 2.61. The lowest BCUT2D eigenvalue weighted by Gasteiger charge is -2.34. The van der Waals surface area contributed by atoms with Gasteiger partial charge in [0.2, 0.25) is 17.7 Å². The molecule has 2 saturated heterocycles. The number of ether oxygens (including phenoxy) is 1. The molecule has 1 saturated carbocycles. The Labute approximate surface area is 164 Å². The van der Waals surface area contributed by atoms with Gasteiger partial charge in [-0.05, 0) is 23.8 Å². The van der Waals surface area contributed by atoms with Crippen LogP contribution in [0.1, 0.15) is 12.0 Å². The molecule has 5 atom stereocenters. The van der Waals surface area contributed by atoms with E-state index >= 15 is 0 Å². The van der Waals surface area contributed by atoms with Crippen molar-refractivity contribution in [2.45, 2.75) is 18.9 Å². The lowest BCUT2D eigenvalue weighted by atomic mass is 9.85. The summed E-state index contributed by atoms with van der Waals surface area (Å²) in [5.41, 5.74) is 0.952. The quantitative estimate of drug-likeness (QED) is 0.583. The molecule has 0 unspecified atom stereocenters. The summed E-state index contributed by atoms with van der Waals surface area (Å²) in [5, 5.41) is 0. The number of imide groups is 1. The minimum atomic E-state index is -0.773. The molecule has 0 radical (unpaired) electrons. The number of hydrogen-bond donors (Lipinski definition) is 0. The number of carbonyl (C=O) groups excluding carboxylic acids is 3. The third-order valence-corrected chi connectivity index (χ3v) is 6.70. The van der Waals surface area contributed by atoms with Crippen LogP contribution >= 0.6 is 0 Å². The predicted octanol–water partition coefficient (Wildman–Crippen LogP) is 1.26. The van der Waals surface area contributed by atoms with Crippen molar-refractivity contribution in [3.63, 3.8) is 0 Å². The highest BCUT2D eigenvalue weighted by atomic mass is 16.5. The van der Waals surface area contributed by atoms with Crippen LogP contribution in [-0.4, -0.2) is 59.9 Å². The van der Waals surface area contributed by atoms with Crippen molar-refractivity contribution >= 4 is 17.7 Å². The van der Waals surface area contributed by atoms with Crippen LogP contribution in [0.5, 0.6) is 0 Å². The highest BCUT2D eigenvalue weighted by Crippen LogP contribution is 2.53. The van der Waals surface area contributed by atoms with Crippen LogP contribution in [0.15, 0.2) is 42.5 Å². The molecular weight excluding hydrogens is 356 g/mol. The number of rotatable bonds is 4. The topological polar surface area (TPSA) is 66.9 Å². The summed E-state index contributed by atoms with van der Waals surface area (Å²) < 4.78 is 5.36. The number of hydrogen-bond acceptors (Lipinski definition) is 4. The van der Waals surface area contributed by atoms with E-state index in [1.54, 1.807) is 4.90 Å². The molecule has 3 amide bonds. The summed E-state index contributed by atoms with van der Waals surface area (Å²) in [6.07, 6.45) is 5.41. The summed E-state index contributed by atoms with van der Waals surface area (Å²) in [5.74, 6) is -0.728. The maximum atomic E-state index is 13.4. The molecule has 0 N–H and O–H groups in total. The molecule has 2 bridgehead atoms. The van der Waals surface area contributed by atoms with Gasteiger partial charge in [-0.2, -0.15) is 0 Å². The van der Waals surface area contributed by atoms with Gasteiger partial charge in [0.05, 0.1) is 25.0 Å². The van der Waals surface area contributed by atoms with Crippen molar-refractivity contribution in [2.75, 3.05) is 26.3 Å². The Bertz CT molecular complexity index is 800. The fourth-order valence-electron chi connectivity index (χ4n) is 5.35. The second-order valence-electron chi connectivity index (χ2n) is 8.19. The Hall–Kier alpha value is -2.47. The van der Waals surface area contributed by atoms with Gasteiger partial charge in [-0.1, -0.05) is 42.5 Å². The number of morpholine rings is 1. The van der Waals surface area contributed by atoms with Crippen LogP contribution in [-0.2, 0) is 25.5 Å². The average Bonchev–Trinajstić information content (AvgIpc) is 3.41. The summed E-state index contributed by atoms with van der Waals surface area (Å²) in [7, 11) is 0. The third-order valence-electron chi connectivity index (χ3n) is 6.70. The van der Waals surface area contributed by atoms with E-state index in [9.17, 15) is 14.4 Å². The van der Waals surface area contributed by atoms with E-state index in [-0.39, 0.29) is 41.4 Å². The molecular formula is C22H24N2O4. The maximum absolute atomic E-state index is 13.4. The van der Waals surface area contributed by atoms with Crippen molar-refractivity contribution < 1.29 is 19.1 Å². The summed E-state index contributed by atoms with van der Waals surface area (Å²) in [6.45, 7) is 1.98. The molecule has 146 valence electrons. The molecule has 6 heteroatoms.